The number of aromatic nitrogens is 2. The Morgan fingerprint density at radius 3 is 2.36 bits per heavy atom. The quantitative estimate of drug-likeness (QED) is 0.257. The molecule has 0 unspecified atom stereocenters. The minimum absolute atomic E-state index is 0.648. The van der Waals surface area contributed by atoms with Gasteiger partial charge in [0.25, 0.3) is 0 Å². The Morgan fingerprint density at radius 1 is 0.857 bits per heavy atom. The predicted molar refractivity (Wildman–Crippen MR) is 115 cm³/mol. The summed E-state index contributed by atoms with van der Waals surface area (Å²) in [5, 5.41) is 2.26. The predicted octanol–water partition coefficient (Wildman–Crippen LogP) is 5.67. The highest BCUT2D eigenvalue weighted by atomic mass is 16.5. The highest BCUT2D eigenvalue weighted by Gasteiger charge is 2.24. The molecular weight excluding hydrogens is 346 g/mol. The number of para-hydroxylation sites is 2. The molecule has 5 rings (SSSR count). The van der Waals surface area contributed by atoms with Crippen molar-refractivity contribution in [1.82, 2.24) is 14.9 Å². The second-order valence-electron chi connectivity index (χ2n) is 7.65. The van der Waals surface area contributed by atoms with Crippen LogP contribution in [0.2, 0.25) is 0 Å². The third-order valence-corrected chi connectivity index (χ3v) is 5.66. The maximum absolute atomic E-state index is 6.28. The Bertz CT molecular complexity index is 1150. The van der Waals surface area contributed by atoms with Gasteiger partial charge >= 0.3 is 0 Å². The van der Waals surface area contributed by atoms with Gasteiger partial charge in [0.15, 0.2) is 0 Å². The highest BCUT2D eigenvalue weighted by Crippen LogP contribution is 2.39. The van der Waals surface area contributed by atoms with Crippen molar-refractivity contribution in [3.63, 3.8) is 0 Å². The fourth-order valence-electron chi connectivity index (χ4n) is 4.20. The van der Waals surface area contributed by atoms with Crippen LogP contribution in [-0.2, 0) is 6.54 Å². The second-order valence-corrected chi connectivity index (χ2v) is 7.65. The Labute approximate surface area is 165 Å². The van der Waals surface area contributed by atoms with Crippen LogP contribution in [0.5, 0.6) is 5.75 Å². The molecule has 0 atom stereocenters. The topological polar surface area (TPSA) is 38.2 Å². The standard InChI is InChI=1S/C24H25N3O/c1-2-3-4-9-14-27-15-19-23-22(25-20-12-7-8-13-21(20)26-23)17-10-5-6-11-18(17)24(19)28-16-27/h5-8,10-13H,2-4,9,14-16H2,1H3. The van der Waals surface area contributed by atoms with E-state index >= 15 is 0 Å². The van der Waals surface area contributed by atoms with Crippen molar-refractivity contribution in [2.45, 2.75) is 39.2 Å². The minimum atomic E-state index is 0.648. The van der Waals surface area contributed by atoms with Gasteiger partial charge in [-0.05, 0) is 18.6 Å². The van der Waals surface area contributed by atoms with Crippen molar-refractivity contribution < 1.29 is 4.74 Å². The third-order valence-electron chi connectivity index (χ3n) is 5.66. The van der Waals surface area contributed by atoms with Gasteiger partial charge < -0.3 is 4.74 Å². The molecule has 3 aromatic carbocycles. The molecule has 0 aliphatic carbocycles. The van der Waals surface area contributed by atoms with Gasteiger partial charge in [0.2, 0.25) is 0 Å². The third kappa shape index (κ3) is 2.98. The number of nitrogens with zero attached hydrogens (tertiary/aromatic N) is 3. The normalized spacial score (nSPS) is 14.5. The van der Waals surface area contributed by atoms with Gasteiger partial charge in [-0.25, -0.2) is 9.97 Å². The molecule has 2 heterocycles. The molecule has 0 spiro atoms. The van der Waals surface area contributed by atoms with Gasteiger partial charge in [-0.2, -0.15) is 0 Å². The van der Waals surface area contributed by atoms with E-state index in [2.05, 4.69) is 36.1 Å². The maximum atomic E-state index is 6.28. The van der Waals surface area contributed by atoms with Crippen LogP contribution >= 0.6 is 0 Å². The summed E-state index contributed by atoms with van der Waals surface area (Å²) < 4.78 is 6.28. The van der Waals surface area contributed by atoms with Crippen molar-refractivity contribution in [3.05, 3.63) is 54.1 Å². The smallest absolute Gasteiger partial charge is 0.142 e. The van der Waals surface area contributed by atoms with E-state index in [-0.39, 0.29) is 0 Å². The SMILES string of the molecule is CCCCCCN1COc2c(c3nc4ccccc4nc3c3ccccc23)C1. The van der Waals surface area contributed by atoms with E-state index in [9.17, 15) is 0 Å². The molecule has 4 nitrogen and oxygen atoms in total. The van der Waals surface area contributed by atoms with Crippen molar-refractivity contribution in [3.8, 4) is 5.75 Å². The van der Waals surface area contributed by atoms with Crippen LogP contribution in [0, 0.1) is 0 Å². The zero-order valence-corrected chi connectivity index (χ0v) is 16.3. The lowest BCUT2D eigenvalue weighted by Gasteiger charge is -2.30. The number of benzene rings is 3. The summed E-state index contributed by atoms with van der Waals surface area (Å²) in [5.41, 5.74) is 5.00. The molecule has 0 bridgehead atoms. The van der Waals surface area contributed by atoms with Crippen LogP contribution < -0.4 is 4.74 Å². The average Bonchev–Trinajstić information content (AvgIpc) is 2.76. The van der Waals surface area contributed by atoms with Gasteiger partial charge in [0.05, 0.1) is 22.1 Å². The van der Waals surface area contributed by atoms with E-state index in [0.717, 1.165) is 51.7 Å². The van der Waals surface area contributed by atoms with Crippen molar-refractivity contribution in [2.24, 2.45) is 0 Å². The molecule has 0 amide bonds. The molecule has 0 saturated carbocycles. The Morgan fingerprint density at radius 2 is 1.57 bits per heavy atom. The molecular formula is C24H25N3O. The maximum Gasteiger partial charge on any atom is 0.142 e. The molecule has 1 aliphatic rings. The number of hydrogen-bond donors (Lipinski definition) is 0. The van der Waals surface area contributed by atoms with Crippen molar-refractivity contribution in [1.29, 1.82) is 0 Å². The number of hydrogen-bond acceptors (Lipinski definition) is 4. The van der Waals surface area contributed by atoms with Crippen LogP contribution in [0.25, 0.3) is 32.8 Å². The largest absolute Gasteiger partial charge is 0.477 e. The van der Waals surface area contributed by atoms with Crippen molar-refractivity contribution in [2.75, 3.05) is 13.3 Å². The summed E-state index contributed by atoms with van der Waals surface area (Å²) in [7, 11) is 0. The van der Waals surface area contributed by atoms with Gasteiger partial charge in [0.1, 0.15) is 12.5 Å². The lowest BCUT2D eigenvalue weighted by atomic mass is 10.0. The van der Waals surface area contributed by atoms with Gasteiger partial charge in [0, 0.05) is 29.4 Å². The Balaban J connectivity index is 1.65. The summed E-state index contributed by atoms with van der Waals surface area (Å²) in [6.45, 7) is 4.83. The molecule has 1 aromatic heterocycles. The summed E-state index contributed by atoms with van der Waals surface area (Å²) in [4.78, 5) is 12.4. The first-order valence-electron chi connectivity index (χ1n) is 10.3. The summed E-state index contributed by atoms with van der Waals surface area (Å²) in [5.74, 6) is 0.984. The first kappa shape index (κ1) is 17.4. The summed E-state index contributed by atoms with van der Waals surface area (Å²) in [6.07, 6.45) is 5.06. The van der Waals surface area contributed by atoms with E-state index in [1.54, 1.807) is 0 Å². The number of unbranched alkanes of at least 4 members (excludes halogenated alkanes) is 3. The van der Waals surface area contributed by atoms with Gasteiger partial charge in [-0.1, -0.05) is 62.6 Å². The monoisotopic (exact) mass is 371 g/mol. The second kappa shape index (κ2) is 7.36. The highest BCUT2D eigenvalue weighted by molar-refractivity contribution is 6.10. The average molecular weight is 371 g/mol. The minimum Gasteiger partial charge on any atom is -0.477 e. The van der Waals surface area contributed by atoms with Gasteiger partial charge in [-0.15, -0.1) is 0 Å². The molecule has 1 aliphatic heterocycles. The van der Waals surface area contributed by atoms with Crippen LogP contribution in [0.4, 0.5) is 0 Å². The van der Waals surface area contributed by atoms with Crippen molar-refractivity contribution >= 4 is 32.8 Å². The molecule has 4 aromatic rings. The first-order valence-corrected chi connectivity index (χ1v) is 10.3. The Kier molecular flexibility index (Phi) is 4.57. The molecule has 0 fully saturated rings. The number of fused-ring (bicyclic) bond motifs is 7. The molecule has 28 heavy (non-hydrogen) atoms. The molecule has 142 valence electrons. The van der Waals surface area contributed by atoms with E-state index in [4.69, 9.17) is 14.7 Å². The lowest BCUT2D eigenvalue weighted by Crippen LogP contribution is -2.33. The zero-order chi connectivity index (χ0) is 18.9. The summed E-state index contributed by atoms with van der Waals surface area (Å²) in [6, 6.07) is 16.5. The van der Waals surface area contributed by atoms with E-state index in [1.165, 1.54) is 31.2 Å². The molecule has 4 heteroatoms. The zero-order valence-electron chi connectivity index (χ0n) is 16.3. The fourth-order valence-corrected chi connectivity index (χ4v) is 4.20. The molecule has 0 N–H and O–H groups in total. The van der Waals surface area contributed by atoms with Crippen LogP contribution in [0.15, 0.2) is 48.5 Å². The Hall–Kier alpha value is -2.72. The van der Waals surface area contributed by atoms with E-state index in [1.807, 2.05) is 24.3 Å². The summed E-state index contributed by atoms with van der Waals surface area (Å²) >= 11 is 0. The fraction of sp³-hybridized carbons (Fsp3) is 0.333. The van der Waals surface area contributed by atoms with Gasteiger partial charge in [-0.3, -0.25) is 4.90 Å². The van der Waals surface area contributed by atoms with E-state index in [0.29, 0.717) is 6.73 Å². The van der Waals surface area contributed by atoms with Crippen LogP contribution in [-0.4, -0.2) is 28.1 Å². The molecule has 0 radical (unpaired) electrons. The number of ether oxygens (including phenoxy) is 1. The first-order chi connectivity index (χ1) is 13.8. The van der Waals surface area contributed by atoms with E-state index < -0.39 is 0 Å². The molecule has 0 saturated heterocycles. The lowest BCUT2D eigenvalue weighted by molar-refractivity contribution is 0.0960. The van der Waals surface area contributed by atoms with Crippen LogP contribution in [0.1, 0.15) is 38.2 Å². The van der Waals surface area contributed by atoms with Crippen LogP contribution in [0.3, 0.4) is 0 Å². The number of rotatable bonds is 5.